The van der Waals surface area contributed by atoms with Crippen LogP contribution >= 0.6 is 23.2 Å². The predicted octanol–water partition coefficient (Wildman–Crippen LogP) is 2.02. The molecule has 1 aliphatic heterocycles. The molecule has 1 atom stereocenters. The van der Waals surface area contributed by atoms with Gasteiger partial charge in [-0.05, 0) is 38.7 Å². The second-order valence-electron chi connectivity index (χ2n) is 5.52. The zero-order chi connectivity index (χ0) is 16.3. The topological polar surface area (TPSA) is 52.7 Å². The van der Waals surface area contributed by atoms with Gasteiger partial charge in [0.1, 0.15) is 5.92 Å². The van der Waals surface area contributed by atoms with Crippen LogP contribution in [0.15, 0.2) is 18.2 Å². The molecule has 1 aliphatic rings. The highest BCUT2D eigenvalue weighted by Gasteiger charge is 2.37. The lowest BCUT2D eigenvalue weighted by molar-refractivity contribution is -0.132. The largest absolute Gasteiger partial charge is 0.354 e. The molecule has 5 nitrogen and oxygen atoms in total. The highest BCUT2D eigenvalue weighted by atomic mass is 35.5. The summed E-state index contributed by atoms with van der Waals surface area (Å²) in [6.45, 7) is 1.77. The quantitative estimate of drug-likeness (QED) is 0.832. The standard InChI is InChI=1S/C15H19Cl2N3O2/c1-19(2)8-6-18-14(21)11-5-7-20(15(11)22)10-3-4-12(16)13(17)9-10/h3-4,9,11H,5-8H2,1-2H3,(H,18,21)/t11-/m0/s1. The summed E-state index contributed by atoms with van der Waals surface area (Å²) in [5, 5.41) is 3.64. The van der Waals surface area contributed by atoms with Crippen molar-refractivity contribution in [2.45, 2.75) is 6.42 Å². The molecule has 2 amide bonds. The van der Waals surface area contributed by atoms with Gasteiger partial charge in [0.25, 0.3) is 0 Å². The lowest BCUT2D eigenvalue weighted by Crippen LogP contribution is -2.39. The molecule has 0 spiro atoms. The molecule has 0 aliphatic carbocycles. The van der Waals surface area contributed by atoms with Gasteiger partial charge in [-0.15, -0.1) is 0 Å². The van der Waals surface area contributed by atoms with Crippen LogP contribution in [0.25, 0.3) is 0 Å². The van der Waals surface area contributed by atoms with E-state index in [2.05, 4.69) is 5.32 Å². The van der Waals surface area contributed by atoms with E-state index in [9.17, 15) is 9.59 Å². The minimum Gasteiger partial charge on any atom is -0.354 e. The number of nitrogens with one attached hydrogen (secondary N) is 1. The molecule has 1 saturated heterocycles. The van der Waals surface area contributed by atoms with E-state index < -0.39 is 5.92 Å². The monoisotopic (exact) mass is 343 g/mol. The fourth-order valence-electron chi connectivity index (χ4n) is 2.36. The van der Waals surface area contributed by atoms with Crippen LogP contribution in [0.5, 0.6) is 0 Å². The first-order valence-electron chi connectivity index (χ1n) is 7.09. The van der Waals surface area contributed by atoms with Crippen molar-refractivity contribution >= 4 is 40.7 Å². The van der Waals surface area contributed by atoms with Crippen molar-refractivity contribution in [3.05, 3.63) is 28.2 Å². The predicted molar refractivity (Wildman–Crippen MR) is 88.5 cm³/mol. The van der Waals surface area contributed by atoms with Gasteiger partial charge in [-0.2, -0.15) is 0 Å². The molecule has 7 heteroatoms. The van der Waals surface area contributed by atoms with Crippen LogP contribution in [-0.4, -0.2) is 50.4 Å². The van der Waals surface area contributed by atoms with E-state index in [-0.39, 0.29) is 11.8 Å². The Labute approximate surface area is 140 Å². The third-order valence-corrected chi connectivity index (χ3v) is 4.33. The van der Waals surface area contributed by atoms with Crippen LogP contribution in [0, 0.1) is 5.92 Å². The summed E-state index contributed by atoms with van der Waals surface area (Å²) in [5.74, 6) is -1.04. The van der Waals surface area contributed by atoms with Gasteiger partial charge >= 0.3 is 0 Å². The van der Waals surface area contributed by atoms with Crippen molar-refractivity contribution in [2.75, 3.05) is 38.6 Å². The molecule has 1 N–H and O–H groups in total. The van der Waals surface area contributed by atoms with Crippen molar-refractivity contribution in [3.8, 4) is 0 Å². The normalized spacial score (nSPS) is 18.1. The fraction of sp³-hybridized carbons (Fsp3) is 0.467. The van der Waals surface area contributed by atoms with Crippen LogP contribution in [0.4, 0.5) is 5.69 Å². The number of hydrogen-bond acceptors (Lipinski definition) is 3. The van der Waals surface area contributed by atoms with Gasteiger partial charge < -0.3 is 15.1 Å². The van der Waals surface area contributed by atoms with Crippen molar-refractivity contribution in [1.29, 1.82) is 0 Å². The van der Waals surface area contributed by atoms with E-state index in [1.807, 2.05) is 19.0 Å². The molecule has 1 aromatic rings. The van der Waals surface area contributed by atoms with Crippen LogP contribution in [0.1, 0.15) is 6.42 Å². The van der Waals surface area contributed by atoms with E-state index in [1.54, 1.807) is 23.1 Å². The van der Waals surface area contributed by atoms with Crippen molar-refractivity contribution in [3.63, 3.8) is 0 Å². The first kappa shape index (κ1) is 17.1. The molecule has 0 radical (unpaired) electrons. The molecular weight excluding hydrogens is 325 g/mol. The van der Waals surface area contributed by atoms with Gasteiger partial charge in [0.2, 0.25) is 11.8 Å². The number of hydrogen-bond donors (Lipinski definition) is 1. The van der Waals surface area contributed by atoms with Gasteiger partial charge in [0.05, 0.1) is 10.0 Å². The first-order valence-corrected chi connectivity index (χ1v) is 7.84. The Morgan fingerprint density at radius 2 is 2.09 bits per heavy atom. The summed E-state index contributed by atoms with van der Waals surface area (Å²) in [5.41, 5.74) is 0.669. The Morgan fingerprint density at radius 3 is 2.73 bits per heavy atom. The van der Waals surface area contributed by atoms with Crippen LogP contribution < -0.4 is 10.2 Å². The van der Waals surface area contributed by atoms with E-state index in [1.165, 1.54) is 0 Å². The average molecular weight is 344 g/mol. The van der Waals surface area contributed by atoms with E-state index in [0.29, 0.717) is 35.2 Å². The average Bonchev–Trinajstić information content (AvgIpc) is 2.83. The maximum absolute atomic E-state index is 12.4. The third kappa shape index (κ3) is 3.91. The molecule has 1 aromatic carbocycles. The molecule has 0 aromatic heterocycles. The maximum atomic E-state index is 12.4. The molecule has 0 bridgehead atoms. The lowest BCUT2D eigenvalue weighted by atomic mass is 10.1. The Balaban J connectivity index is 2.00. The smallest absolute Gasteiger partial charge is 0.239 e. The van der Waals surface area contributed by atoms with Gasteiger partial charge in [-0.25, -0.2) is 0 Å². The van der Waals surface area contributed by atoms with Crippen LogP contribution in [0.2, 0.25) is 10.0 Å². The minimum absolute atomic E-state index is 0.194. The number of benzene rings is 1. The molecule has 1 fully saturated rings. The summed E-state index contributed by atoms with van der Waals surface area (Å²) in [4.78, 5) is 28.1. The van der Waals surface area contributed by atoms with Crippen molar-refractivity contribution < 1.29 is 9.59 Å². The lowest BCUT2D eigenvalue weighted by Gasteiger charge is -2.17. The molecular formula is C15H19Cl2N3O2. The van der Waals surface area contributed by atoms with E-state index >= 15 is 0 Å². The number of carbonyl (C=O) groups excluding carboxylic acids is 2. The fourth-order valence-corrected chi connectivity index (χ4v) is 2.65. The Morgan fingerprint density at radius 1 is 1.36 bits per heavy atom. The zero-order valence-electron chi connectivity index (χ0n) is 12.6. The molecule has 0 saturated carbocycles. The summed E-state index contributed by atoms with van der Waals surface area (Å²) in [7, 11) is 3.86. The van der Waals surface area contributed by atoms with Gasteiger partial charge in [-0.3, -0.25) is 9.59 Å². The second-order valence-corrected chi connectivity index (χ2v) is 6.34. The maximum Gasteiger partial charge on any atom is 0.239 e. The van der Waals surface area contributed by atoms with Crippen molar-refractivity contribution in [2.24, 2.45) is 5.92 Å². The number of likely N-dealkylation sites (N-methyl/N-ethyl adjacent to an activating group) is 1. The van der Waals surface area contributed by atoms with Gasteiger partial charge in [0.15, 0.2) is 0 Å². The molecule has 0 unspecified atom stereocenters. The Hall–Kier alpha value is -1.30. The van der Waals surface area contributed by atoms with Crippen LogP contribution in [0.3, 0.4) is 0 Å². The minimum atomic E-state index is -0.628. The van der Waals surface area contributed by atoms with E-state index in [0.717, 1.165) is 6.54 Å². The molecule has 2 rings (SSSR count). The number of amides is 2. The molecule has 1 heterocycles. The summed E-state index contributed by atoms with van der Waals surface area (Å²) >= 11 is 11.9. The third-order valence-electron chi connectivity index (χ3n) is 3.60. The summed E-state index contributed by atoms with van der Waals surface area (Å²) in [6, 6.07) is 5.03. The Kier molecular flexibility index (Phi) is 5.67. The van der Waals surface area contributed by atoms with Crippen molar-refractivity contribution in [1.82, 2.24) is 10.2 Å². The van der Waals surface area contributed by atoms with Gasteiger partial charge in [-0.1, -0.05) is 23.2 Å². The first-order chi connectivity index (χ1) is 10.4. The number of halogens is 2. The Bertz CT molecular complexity index is 578. The summed E-state index contributed by atoms with van der Waals surface area (Å²) < 4.78 is 0. The van der Waals surface area contributed by atoms with Crippen LogP contribution in [-0.2, 0) is 9.59 Å². The number of nitrogens with zero attached hydrogens (tertiary/aromatic N) is 2. The molecule has 22 heavy (non-hydrogen) atoms. The number of carbonyl (C=O) groups is 2. The number of anilines is 1. The molecule has 120 valence electrons. The second kappa shape index (κ2) is 7.31. The highest BCUT2D eigenvalue weighted by Crippen LogP contribution is 2.31. The number of rotatable bonds is 5. The highest BCUT2D eigenvalue weighted by molar-refractivity contribution is 6.42. The zero-order valence-corrected chi connectivity index (χ0v) is 14.1. The van der Waals surface area contributed by atoms with E-state index in [4.69, 9.17) is 23.2 Å². The SMILES string of the molecule is CN(C)CCNC(=O)[C@@H]1CCN(c2ccc(Cl)c(Cl)c2)C1=O. The van der Waals surface area contributed by atoms with Gasteiger partial charge in [0, 0.05) is 25.3 Å². The summed E-state index contributed by atoms with van der Waals surface area (Å²) in [6.07, 6.45) is 0.507.